The lowest BCUT2D eigenvalue weighted by atomic mass is 9.95. The summed E-state index contributed by atoms with van der Waals surface area (Å²) in [6.45, 7) is 3.10. The van der Waals surface area contributed by atoms with E-state index in [0.29, 0.717) is 56.3 Å². The second-order valence-electron chi connectivity index (χ2n) is 12.8. The number of fused-ring (bicyclic) bond motifs is 20. The summed E-state index contributed by atoms with van der Waals surface area (Å²) < 4.78 is 5.97. The summed E-state index contributed by atoms with van der Waals surface area (Å²) in [5.74, 6) is 0.488. The van der Waals surface area contributed by atoms with Crippen LogP contribution in [0.4, 0.5) is 0 Å². The molecule has 16 heteroatoms. The Balaban J connectivity index is 1.43. The number of aliphatic carboxylic acids is 1. The van der Waals surface area contributed by atoms with E-state index in [-0.39, 0.29) is 38.2 Å². The van der Waals surface area contributed by atoms with E-state index in [1.165, 1.54) is 4.80 Å². The van der Waals surface area contributed by atoms with Crippen LogP contribution in [-0.2, 0) is 4.79 Å². The fourth-order valence-corrected chi connectivity index (χ4v) is 7.11. The highest BCUT2D eigenvalue weighted by Gasteiger charge is 2.38. The smallest absolute Gasteiger partial charge is 0.312 e. The van der Waals surface area contributed by atoms with Crippen molar-refractivity contribution in [2.45, 2.75) is 13.8 Å². The largest absolute Gasteiger partial charge is 0.492 e. The van der Waals surface area contributed by atoms with E-state index in [0.717, 1.165) is 21.9 Å². The van der Waals surface area contributed by atoms with Gasteiger partial charge in [-0.1, -0.05) is 94.9 Å². The number of hydrogen-bond donors (Lipinski definition) is 3. The first-order valence-corrected chi connectivity index (χ1v) is 17.3. The number of aromatic nitrogens is 9. The maximum Gasteiger partial charge on any atom is 0.312 e. The number of benzene rings is 4. The second-order valence-corrected chi connectivity index (χ2v) is 14.3. The first kappa shape index (κ1) is 32.5. The Hall–Kier alpha value is -5.40. The molecule has 12 nitrogen and oxygen atoms in total. The molecule has 2 aliphatic rings. The molecule has 256 valence electrons. The number of rotatable bonds is 4. The molecule has 7 aromatic rings. The molecule has 2 aliphatic heterocycles. The van der Waals surface area contributed by atoms with E-state index in [1.54, 1.807) is 26.0 Å². The van der Waals surface area contributed by atoms with E-state index in [4.69, 9.17) is 81.3 Å². The molecule has 3 aromatic heterocycles. The van der Waals surface area contributed by atoms with Gasteiger partial charge in [-0.2, -0.15) is 0 Å². The van der Waals surface area contributed by atoms with Crippen molar-refractivity contribution in [3.8, 4) is 45.6 Å². The standard InChI is InChI=1S/C36H21Cl4N9O3/c1-36(2,35(50)51)14-52-15-11-12-20-21(13-15)33-45-32(20)44-30-17-8-4-3-7-16(17)28(42-30)41-29-18-9-5-6-10-19(18)31(43-29)46-34-22-23(37)24(38)25(39)26(40)27(22)49(47-33)48-34/h3-13H,14H2,1-2H3,(H2,41,42,43,44,45,46,47,48,50,51)/p+1. The maximum absolute atomic E-state index is 11.8. The van der Waals surface area contributed by atoms with Gasteiger partial charge in [0, 0.05) is 32.7 Å². The molecule has 4 aromatic carbocycles. The first-order chi connectivity index (χ1) is 25.0. The molecule has 3 N–H and O–H groups in total. The van der Waals surface area contributed by atoms with Crippen molar-refractivity contribution < 1.29 is 19.4 Å². The van der Waals surface area contributed by atoms with Crippen LogP contribution < -0.4 is 9.53 Å². The summed E-state index contributed by atoms with van der Waals surface area (Å²) in [4.78, 5) is 39.5. The van der Waals surface area contributed by atoms with Crippen LogP contribution in [0, 0.1) is 5.41 Å². The van der Waals surface area contributed by atoms with Crippen LogP contribution in [0.5, 0.6) is 5.75 Å². The van der Waals surface area contributed by atoms with Crippen molar-refractivity contribution in [1.29, 1.82) is 0 Å². The average Bonchev–Trinajstić information content (AvgIpc) is 3.87. The molecule has 8 bridgehead atoms. The third-order valence-electron chi connectivity index (χ3n) is 8.91. The summed E-state index contributed by atoms with van der Waals surface area (Å²) in [6.07, 6.45) is 0. The predicted octanol–water partition coefficient (Wildman–Crippen LogP) is 8.58. The van der Waals surface area contributed by atoms with Gasteiger partial charge >= 0.3 is 11.7 Å². The fourth-order valence-electron chi connectivity index (χ4n) is 6.10. The van der Waals surface area contributed by atoms with Crippen molar-refractivity contribution in [2.24, 2.45) is 5.41 Å². The normalized spacial score (nSPS) is 12.3. The molecule has 0 aliphatic carbocycles. The number of carbonyl (C=O) groups is 1. The van der Waals surface area contributed by atoms with Gasteiger partial charge in [-0.25, -0.2) is 19.9 Å². The Morgan fingerprint density at radius 3 is 1.88 bits per heavy atom. The molecule has 0 unspecified atom stereocenters. The molecule has 5 heterocycles. The summed E-state index contributed by atoms with van der Waals surface area (Å²) in [5.41, 5.74) is 2.77. The number of carboxylic acid groups (broad SMARTS) is 1. The number of carboxylic acids is 1. The van der Waals surface area contributed by atoms with E-state index in [2.05, 4.69) is 9.97 Å². The second kappa shape index (κ2) is 11.8. The Morgan fingerprint density at radius 1 is 0.692 bits per heavy atom. The van der Waals surface area contributed by atoms with Crippen LogP contribution in [0.1, 0.15) is 13.8 Å². The monoisotopic (exact) mass is 768 g/mol. The molecular weight excluding hydrogens is 748 g/mol. The number of nitrogens with zero attached hydrogens (tertiary/aromatic N) is 7. The van der Waals surface area contributed by atoms with Crippen molar-refractivity contribution in [2.75, 3.05) is 6.61 Å². The van der Waals surface area contributed by atoms with Gasteiger partial charge in [-0.3, -0.25) is 4.79 Å². The van der Waals surface area contributed by atoms with Crippen molar-refractivity contribution in [3.63, 3.8) is 0 Å². The van der Waals surface area contributed by atoms with E-state index >= 15 is 0 Å². The first-order valence-electron chi connectivity index (χ1n) is 15.8. The van der Waals surface area contributed by atoms with Gasteiger partial charge in [-0.05, 0) is 32.0 Å². The van der Waals surface area contributed by atoms with Crippen LogP contribution in [0.3, 0.4) is 0 Å². The highest BCUT2D eigenvalue weighted by Crippen LogP contribution is 2.46. The Morgan fingerprint density at radius 2 is 1.25 bits per heavy atom. The molecule has 0 saturated heterocycles. The van der Waals surface area contributed by atoms with Crippen molar-refractivity contribution in [3.05, 3.63) is 86.8 Å². The Bertz CT molecular complexity index is 2890. The van der Waals surface area contributed by atoms with Crippen molar-refractivity contribution in [1.82, 2.24) is 40.1 Å². The minimum absolute atomic E-state index is 0.0227. The topological polar surface area (TPSA) is 159 Å². The average molecular weight is 770 g/mol. The van der Waals surface area contributed by atoms with Gasteiger partial charge in [0.1, 0.15) is 39.9 Å². The predicted molar refractivity (Wildman–Crippen MR) is 199 cm³/mol. The zero-order valence-corrected chi connectivity index (χ0v) is 30.0. The summed E-state index contributed by atoms with van der Waals surface area (Å²) >= 11 is 26.8. The molecule has 0 amide bonds. The molecular formula is C36H22Cl4N9O3+. The number of nitrogens with one attached hydrogen (secondary N) is 2. The summed E-state index contributed by atoms with van der Waals surface area (Å²) in [6, 6.07) is 20.7. The lowest BCUT2D eigenvalue weighted by Crippen LogP contribution is -2.36. The van der Waals surface area contributed by atoms with Crippen LogP contribution in [0.2, 0.25) is 20.1 Å². The van der Waals surface area contributed by atoms with Gasteiger partial charge < -0.3 is 19.8 Å². The third kappa shape index (κ3) is 5.05. The summed E-state index contributed by atoms with van der Waals surface area (Å²) in [5, 5.41) is 22.3. The number of hydrogen-bond acceptors (Lipinski definition) is 8. The third-order valence-corrected chi connectivity index (χ3v) is 10.7. The highest BCUT2D eigenvalue weighted by atomic mass is 35.5. The molecule has 0 atom stereocenters. The summed E-state index contributed by atoms with van der Waals surface area (Å²) in [7, 11) is 0. The van der Waals surface area contributed by atoms with Gasteiger partial charge in [0.25, 0.3) is 0 Å². The van der Waals surface area contributed by atoms with Crippen molar-refractivity contribution >= 4 is 96.5 Å². The maximum atomic E-state index is 11.8. The molecule has 9 rings (SSSR count). The lowest BCUT2D eigenvalue weighted by Gasteiger charge is -2.19. The number of ether oxygens (including phenoxy) is 1. The zero-order valence-electron chi connectivity index (χ0n) is 27.0. The Labute approximate surface area is 313 Å². The van der Waals surface area contributed by atoms with Crippen LogP contribution >= 0.6 is 46.4 Å². The highest BCUT2D eigenvalue weighted by molar-refractivity contribution is 6.53. The number of H-pyrrole nitrogens is 2. The minimum atomic E-state index is -1.13. The number of halogens is 4. The van der Waals surface area contributed by atoms with Crippen LogP contribution in [0.25, 0.3) is 84.0 Å². The van der Waals surface area contributed by atoms with E-state index in [9.17, 15) is 9.90 Å². The van der Waals surface area contributed by atoms with E-state index in [1.807, 2.05) is 54.6 Å². The van der Waals surface area contributed by atoms with Crippen LogP contribution in [-0.4, -0.2) is 57.8 Å². The number of aromatic amines is 2. The Kier molecular flexibility index (Phi) is 7.39. The zero-order chi connectivity index (χ0) is 36.1. The molecule has 0 spiro atoms. The molecule has 0 radical (unpaired) electrons. The van der Waals surface area contributed by atoms with Gasteiger partial charge in [0.15, 0.2) is 11.6 Å². The minimum Gasteiger partial charge on any atom is -0.492 e. The molecule has 52 heavy (non-hydrogen) atoms. The SMILES string of the molecule is CC(C)(COc1ccc2c3nc4nc(nc5[nH]c(nc6n[n+](nc([nH]3)c2c1)-c1c(Cl)c(Cl)c(Cl)c(Cl)c1-6)c1ccccc51)-c1ccccc1-4)C(=O)O. The quantitative estimate of drug-likeness (QED) is 0.0905. The molecule has 0 fully saturated rings. The van der Waals surface area contributed by atoms with Crippen LogP contribution in [0.15, 0.2) is 66.7 Å². The molecule has 0 saturated carbocycles. The van der Waals surface area contributed by atoms with Gasteiger partial charge in [0.05, 0.1) is 35.5 Å². The van der Waals surface area contributed by atoms with Gasteiger partial charge in [0.2, 0.25) is 11.5 Å². The van der Waals surface area contributed by atoms with E-state index < -0.39 is 11.4 Å². The van der Waals surface area contributed by atoms with Gasteiger partial charge in [-0.15, -0.1) is 0 Å². The lowest BCUT2D eigenvalue weighted by molar-refractivity contribution is -0.711. The fraction of sp³-hybridized carbons (Fsp3) is 0.111.